The normalized spacial score (nSPS) is 15.5. The fourth-order valence-electron chi connectivity index (χ4n) is 3.47. The SMILES string of the molecule is CCCS(=O)(=O)Nc1ccc(NC(=O)c2cc(S(=O)(=O)N3CCCCC3)cn2C)cc1. The summed E-state index contributed by atoms with van der Waals surface area (Å²) in [6.07, 6.45) is 4.65. The van der Waals surface area contributed by atoms with Crippen LogP contribution in [0.3, 0.4) is 0 Å². The second-order valence-corrected chi connectivity index (χ2v) is 11.4. The van der Waals surface area contributed by atoms with Crippen molar-refractivity contribution in [2.75, 3.05) is 28.9 Å². The number of piperidine rings is 1. The number of rotatable bonds is 8. The van der Waals surface area contributed by atoms with E-state index in [1.807, 2.05) is 0 Å². The van der Waals surface area contributed by atoms with Gasteiger partial charge in [0.05, 0.1) is 5.75 Å². The highest BCUT2D eigenvalue weighted by atomic mass is 32.2. The minimum Gasteiger partial charge on any atom is -0.345 e. The van der Waals surface area contributed by atoms with Crippen LogP contribution in [0.1, 0.15) is 43.1 Å². The number of amides is 1. The largest absolute Gasteiger partial charge is 0.345 e. The molecular formula is C20H28N4O5S2. The van der Waals surface area contributed by atoms with Gasteiger partial charge in [0, 0.05) is 37.7 Å². The van der Waals surface area contributed by atoms with Crippen LogP contribution in [0.2, 0.25) is 0 Å². The molecule has 0 atom stereocenters. The summed E-state index contributed by atoms with van der Waals surface area (Å²) < 4.78 is 54.8. The van der Waals surface area contributed by atoms with Crippen molar-refractivity contribution in [2.24, 2.45) is 7.05 Å². The lowest BCUT2D eigenvalue weighted by Crippen LogP contribution is -2.35. The summed E-state index contributed by atoms with van der Waals surface area (Å²) in [6, 6.07) is 7.65. The molecule has 2 heterocycles. The van der Waals surface area contributed by atoms with Crippen molar-refractivity contribution in [3.8, 4) is 0 Å². The van der Waals surface area contributed by atoms with Gasteiger partial charge in [0.2, 0.25) is 20.0 Å². The van der Waals surface area contributed by atoms with Crippen LogP contribution < -0.4 is 10.0 Å². The molecule has 31 heavy (non-hydrogen) atoms. The molecule has 2 N–H and O–H groups in total. The number of nitrogens with one attached hydrogen (secondary N) is 2. The van der Waals surface area contributed by atoms with Crippen molar-refractivity contribution in [1.29, 1.82) is 0 Å². The highest BCUT2D eigenvalue weighted by Crippen LogP contribution is 2.23. The first-order valence-electron chi connectivity index (χ1n) is 10.2. The molecule has 1 fully saturated rings. The fourth-order valence-corrected chi connectivity index (χ4v) is 6.20. The topological polar surface area (TPSA) is 118 Å². The van der Waals surface area contributed by atoms with Crippen LogP contribution in [0, 0.1) is 0 Å². The van der Waals surface area contributed by atoms with E-state index in [2.05, 4.69) is 10.0 Å². The Morgan fingerprint density at radius 2 is 1.61 bits per heavy atom. The van der Waals surface area contributed by atoms with Crippen LogP contribution in [0.25, 0.3) is 0 Å². The molecule has 0 unspecified atom stereocenters. The molecule has 1 saturated heterocycles. The molecule has 0 saturated carbocycles. The maximum absolute atomic E-state index is 12.9. The zero-order valence-corrected chi connectivity index (χ0v) is 19.3. The smallest absolute Gasteiger partial charge is 0.272 e. The lowest BCUT2D eigenvalue weighted by molar-refractivity contribution is 0.101. The highest BCUT2D eigenvalue weighted by Gasteiger charge is 2.28. The first kappa shape index (κ1) is 23.3. The van der Waals surface area contributed by atoms with Gasteiger partial charge in [-0.05, 0) is 49.6 Å². The number of anilines is 2. The third-order valence-electron chi connectivity index (χ3n) is 5.05. The monoisotopic (exact) mass is 468 g/mol. The average molecular weight is 469 g/mol. The lowest BCUT2D eigenvalue weighted by Gasteiger charge is -2.25. The third-order valence-corrected chi connectivity index (χ3v) is 8.41. The summed E-state index contributed by atoms with van der Waals surface area (Å²) in [5.74, 6) is -0.427. The van der Waals surface area contributed by atoms with Crippen LogP contribution in [-0.4, -0.2) is 50.5 Å². The Balaban J connectivity index is 1.71. The van der Waals surface area contributed by atoms with E-state index in [-0.39, 0.29) is 16.3 Å². The Labute approximate surface area is 183 Å². The number of sulfonamides is 2. The Kier molecular flexibility index (Phi) is 7.07. The number of aryl methyl sites for hydroxylation is 1. The maximum atomic E-state index is 12.9. The number of nitrogens with zero attached hydrogens (tertiary/aromatic N) is 2. The standard InChI is InChI=1S/C20H28N4O5S2/c1-3-13-30(26,27)22-17-9-7-16(8-10-17)21-20(25)19-14-18(15-23(19)2)31(28,29)24-11-5-4-6-12-24/h7-10,14-15,22H,3-6,11-13H2,1-2H3,(H,21,25). The highest BCUT2D eigenvalue weighted by molar-refractivity contribution is 7.92. The molecule has 0 aliphatic carbocycles. The van der Waals surface area contributed by atoms with Gasteiger partial charge in [-0.1, -0.05) is 13.3 Å². The minimum atomic E-state index is -3.63. The molecular weight excluding hydrogens is 440 g/mol. The number of carbonyl (C=O) groups excluding carboxylic acids is 1. The van der Waals surface area contributed by atoms with Gasteiger partial charge in [0.25, 0.3) is 5.91 Å². The molecule has 1 aromatic heterocycles. The number of benzene rings is 1. The minimum absolute atomic E-state index is 0.0294. The molecule has 3 rings (SSSR count). The predicted octanol–water partition coefficient (Wildman–Crippen LogP) is 2.60. The van der Waals surface area contributed by atoms with Gasteiger partial charge >= 0.3 is 0 Å². The first-order chi connectivity index (χ1) is 14.6. The molecule has 170 valence electrons. The van der Waals surface area contributed by atoms with Gasteiger partial charge in [0.15, 0.2) is 0 Å². The zero-order chi connectivity index (χ0) is 22.6. The summed E-state index contributed by atoms with van der Waals surface area (Å²) >= 11 is 0. The first-order valence-corrected chi connectivity index (χ1v) is 13.3. The van der Waals surface area contributed by atoms with Crippen molar-refractivity contribution < 1.29 is 21.6 Å². The maximum Gasteiger partial charge on any atom is 0.272 e. The molecule has 2 aromatic rings. The molecule has 1 amide bonds. The number of aromatic nitrogens is 1. The molecule has 0 radical (unpaired) electrons. The van der Waals surface area contributed by atoms with Crippen LogP contribution in [-0.2, 0) is 27.1 Å². The summed E-state index contributed by atoms with van der Waals surface area (Å²) in [6.45, 7) is 2.77. The molecule has 1 aliphatic rings. The van der Waals surface area contributed by atoms with Crippen LogP contribution in [0.15, 0.2) is 41.4 Å². The molecule has 9 nitrogen and oxygen atoms in total. The van der Waals surface area contributed by atoms with Gasteiger partial charge in [-0.3, -0.25) is 9.52 Å². The van der Waals surface area contributed by atoms with Crippen molar-refractivity contribution >= 4 is 37.3 Å². The van der Waals surface area contributed by atoms with Crippen molar-refractivity contribution in [1.82, 2.24) is 8.87 Å². The Hall–Kier alpha value is -2.37. The summed E-state index contributed by atoms with van der Waals surface area (Å²) in [5.41, 5.74) is 1.08. The number of carbonyl (C=O) groups is 1. The lowest BCUT2D eigenvalue weighted by atomic mass is 10.2. The van der Waals surface area contributed by atoms with Crippen LogP contribution >= 0.6 is 0 Å². The number of hydrogen-bond donors (Lipinski definition) is 2. The molecule has 0 spiro atoms. The van der Waals surface area contributed by atoms with E-state index < -0.39 is 26.0 Å². The van der Waals surface area contributed by atoms with E-state index in [9.17, 15) is 21.6 Å². The van der Waals surface area contributed by atoms with Gasteiger partial charge in [-0.25, -0.2) is 16.8 Å². The summed E-state index contributed by atoms with van der Waals surface area (Å²) in [5, 5.41) is 2.71. The Bertz CT molecular complexity index is 1130. The van der Waals surface area contributed by atoms with Crippen LogP contribution in [0.5, 0.6) is 0 Å². The van der Waals surface area contributed by atoms with Gasteiger partial charge in [-0.15, -0.1) is 0 Å². The van der Waals surface area contributed by atoms with E-state index in [1.54, 1.807) is 38.2 Å². The van der Waals surface area contributed by atoms with E-state index in [0.717, 1.165) is 19.3 Å². The van der Waals surface area contributed by atoms with E-state index in [4.69, 9.17) is 0 Å². The molecule has 1 aliphatic heterocycles. The molecule has 0 bridgehead atoms. The van der Waals surface area contributed by atoms with Crippen molar-refractivity contribution in [3.05, 3.63) is 42.2 Å². The van der Waals surface area contributed by atoms with E-state index in [0.29, 0.717) is 30.9 Å². The van der Waals surface area contributed by atoms with Crippen LogP contribution in [0.4, 0.5) is 11.4 Å². The van der Waals surface area contributed by atoms with Gasteiger partial charge < -0.3 is 9.88 Å². The second-order valence-electron chi connectivity index (χ2n) is 7.59. The quantitative estimate of drug-likeness (QED) is 0.617. The molecule has 1 aromatic carbocycles. The van der Waals surface area contributed by atoms with Gasteiger partial charge in [0.1, 0.15) is 10.6 Å². The summed E-state index contributed by atoms with van der Waals surface area (Å²) in [4.78, 5) is 12.8. The Morgan fingerprint density at radius 1 is 1.00 bits per heavy atom. The van der Waals surface area contributed by atoms with E-state index >= 15 is 0 Å². The zero-order valence-electron chi connectivity index (χ0n) is 17.7. The predicted molar refractivity (Wildman–Crippen MR) is 120 cm³/mol. The summed E-state index contributed by atoms with van der Waals surface area (Å²) in [7, 11) is -5.40. The molecule has 11 heteroatoms. The van der Waals surface area contributed by atoms with Crippen molar-refractivity contribution in [2.45, 2.75) is 37.5 Å². The third kappa shape index (κ3) is 5.66. The number of hydrogen-bond acceptors (Lipinski definition) is 5. The van der Waals surface area contributed by atoms with Crippen molar-refractivity contribution in [3.63, 3.8) is 0 Å². The average Bonchev–Trinajstić information content (AvgIpc) is 3.12. The second kappa shape index (κ2) is 9.41. The fraction of sp³-hybridized carbons (Fsp3) is 0.450. The Morgan fingerprint density at radius 3 is 2.23 bits per heavy atom. The van der Waals surface area contributed by atoms with Gasteiger partial charge in [-0.2, -0.15) is 4.31 Å². The van der Waals surface area contributed by atoms with E-state index in [1.165, 1.54) is 21.1 Å².